The summed E-state index contributed by atoms with van der Waals surface area (Å²) in [6.07, 6.45) is 27.0. The summed E-state index contributed by atoms with van der Waals surface area (Å²) in [5.41, 5.74) is 0. The largest absolute Gasteiger partial charge is 0.463 e. The van der Waals surface area contributed by atoms with Crippen molar-refractivity contribution < 1.29 is 19.1 Å². The molecule has 33 heavy (non-hydrogen) atoms. The SMILES string of the molecule is C=CC(=O)OCCCCCCCCC.C=CC(=O)OCCCCCCCCCCCCCC. The Balaban J connectivity index is 0. The normalized spacial score (nSPS) is 10.1. The zero-order valence-electron chi connectivity index (χ0n) is 22.1. The molecule has 0 saturated carbocycles. The Bertz CT molecular complexity index is 445. The minimum Gasteiger partial charge on any atom is -0.463 e. The number of esters is 2. The molecule has 0 unspecified atom stereocenters. The predicted molar refractivity (Wildman–Crippen MR) is 141 cm³/mol. The lowest BCUT2D eigenvalue weighted by Crippen LogP contribution is -2.01. The Morgan fingerprint density at radius 2 is 0.727 bits per heavy atom. The van der Waals surface area contributed by atoms with Crippen LogP contribution in [-0.2, 0) is 19.1 Å². The van der Waals surface area contributed by atoms with Crippen molar-refractivity contribution in [2.24, 2.45) is 0 Å². The van der Waals surface area contributed by atoms with E-state index in [4.69, 9.17) is 9.47 Å². The minimum absolute atomic E-state index is 0.303. The molecule has 0 aromatic carbocycles. The fourth-order valence-corrected chi connectivity index (χ4v) is 3.47. The molecule has 0 aromatic rings. The summed E-state index contributed by atoms with van der Waals surface area (Å²) >= 11 is 0. The smallest absolute Gasteiger partial charge is 0.330 e. The standard InChI is InChI=1S/C17H32O2.C12H22O2/c1-3-5-6-7-8-9-10-11-12-13-14-15-16-19-17(18)4-2;1-3-5-6-7-8-9-10-11-14-12(13)4-2/h4H,2-3,5-16H2,1H3;4H,2-3,5-11H2,1H3. The van der Waals surface area contributed by atoms with Crippen LogP contribution in [0.25, 0.3) is 0 Å². The summed E-state index contributed by atoms with van der Waals surface area (Å²) < 4.78 is 9.79. The summed E-state index contributed by atoms with van der Waals surface area (Å²) in [5.74, 6) is -0.612. The summed E-state index contributed by atoms with van der Waals surface area (Å²) in [6, 6.07) is 0. The highest BCUT2D eigenvalue weighted by Crippen LogP contribution is 2.12. The van der Waals surface area contributed by atoms with Gasteiger partial charge >= 0.3 is 11.9 Å². The molecule has 4 nitrogen and oxygen atoms in total. The molecule has 0 aliphatic heterocycles. The third-order valence-electron chi connectivity index (χ3n) is 5.57. The van der Waals surface area contributed by atoms with Crippen LogP contribution in [0, 0.1) is 0 Å². The van der Waals surface area contributed by atoms with E-state index in [1.54, 1.807) is 0 Å². The van der Waals surface area contributed by atoms with Gasteiger partial charge in [-0.1, -0.05) is 136 Å². The molecule has 0 aliphatic rings. The van der Waals surface area contributed by atoms with Gasteiger partial charge < -0.3 is 9.47 Å². The van der Waals surface area contributed by atoms with E-state index < -0.39 is 0 Å². The predicted octanol–water partition coefficient (Wildman–Crippen LogP) is 8.88. The van der Waals surface area contributed by atoms with Crippen LogP contribution in [0.4, 0.5) is 0 Å². The molecule has 0 N–H and O–H groups in total. The third kappa shape index (κ3) is 32.7. The van der Waals surface area contributed by atoms with Crippen LogP contribution >= 0.6 is 0 Å². The molecule has 0 heterocycles. The summed E-state index contributed by atoms with van der Waals surface area (Å²) in [5, 5.41) is 0. The first kappa shape index (κ1) is 33.6. The van der Waals surface area contributed by atoms with Gasteiger partial charge in [-0.05, 0) is 12.8 Å². The summed E-state index contributed by atoms with van der Waals surface area (Å²) in [7, 11) is 0. The van der Waals surface area contributed by atoms with Gasteiger partial charge in [0.1, 0.15) is 0 Å². The first-order valence-corrected chi connectivity index (χ1v) is 13.7. The fourth-order valence-electron chi connectivity index (χ4n) is 3.47. The molecule has 0 amide bonds. The lowest BCUT2D eigenvalue weighted by atomic mass is 10.1. The zero-order valence-corrected chi connectivity index (χ0v) is 22.1. The number of unbranched alkanes of at least 4 members (excludes halogenated alkanes) is 17. The van der Waals surface area contributed by atoms with Crippen molar-refractivity contribution in [1.29, 1.82) is 0 Å². The molecule has 4 heteroatoms. The topological polar surface area (TPSA) is 52.6 Å². The van der Waals surface area contributed by atoms with Gasteiger partial charge in [0, 0.05) is 12.2 Å². The minimum atomic E-state index is -0.309. The first-order chi connectivity index (χ1) is 16.1. The van der Waals surface area contributed by atoms with E-state index in [1.165, 1.54) is 115 Å². The Kier molecular flexibility index (Phi) is 31.0. The molecular weight excluding hydrogens is 412 g/mol. The molecule has 0 fully saturated rings. The number of carbonyl (C=O) groups is 2. The maximum atomic E-state index is 10.8. The van der Waals surface area contributed by atoms with E-state index in [9.17, 15) is 9.59 Å². The number of rotatable bonds is 23. The van der Waals surface area contributed by atoms with Crippen LogP contribution in [0.3, 0.4) is 0 Å². The number of carbonyl (C=O) groups excluding carboxylic acids is 2. The monoisotopic (exact) mass is 466 g/mol. The molecular formula is C29H54O4. The molecule has 0 radical (unpaired) electrons. The van der Waals surface area contributed by atoms with Crippen molar-refractivity contribution in [2.45, 2.75) is 136 Å². The number of hydrogen-bond donors (Lipinski definition) is 0. The van der Waals surface area contributed by atoms with Crippen LogP contribution in [-0.4, -0.2) is 25.2 Å². The van der Waals surface area contributed by atoms with E-state index in [-0.39, 0.29) is 11.9 Å². The van der Waals surface area contributed by atoms with Gasteiger partial charge in [0.2, 0.25) is 0 Å². The van der Waals surface area contributed by atoms with E-state index in [0.717, 1.165) is 19.3 Å². The van der Waals surface area contributed by atoms with Gasteiger partial charge in [0.25, 0.3) is 0 Å². The zero-order chi connectivity index (χ0) is 24.8. The fraction of sp³-hybridized carbons (Fsp3) is 0.793. The van der Waals surface area contributed by atoms with E-state index >= 15 is 0 Å². The first-order valence-electron chi connectivity index (χ1n) is 13.7. The Hall–Kier alpha value is -1.58. The van der Waals surface area contributed by atoms with Crippen molar-refractivity contribution in [3.05, 3.63) is 25.3 Å². The second-order valence-electron chi connectivity index (χ2n) is 8.75. The van der Waals surface area contributed by atoms with Crippen LogP contribution in [0.5, 0.6) is 0 Å². The highest BCUT2D eigenvalue weighted by molar-refractivity contribution is 5.81. The molecule has 0 saturated heterocycles. The maximum Gasteiger partial charge on any atom is 0.330 e. The van der Waals surface area contributed by atoms with Crippen molar-refractivity contribution in [2.75, 3.05) is 13.2 Å². The number of ether oxygens (including phenoxy) is 2. The van der Waals surface area contributed by atoms with E-state index in [2.05, 4.69) is 27.0 Å². The molecule has 0 rings (SSSR count). The second-order valence-corrected chi connectivity index (χ2v) is 8.75. The van der Waals surface area contributed by atoms with Crippen LogP contribution in [0.15, 0.2) is 25.3 Å². The Morgan fingerprint density at radius 1 is 0.485 bits per heavy atom. The van der Waals surface area contributed by atoms with Crippen LogP contribution < -0.4 is 0 Å². The van der Waals surface area contributed by atoms with Crippen LogP contribution in [0.1, 0.15) is 136 Å². The summed E-state index contributed by atoms with van der Waals surface area (Å²) in [4.78, 5) is 21.4. The second kappa shape index (κ2) is 30.4. The molecule has 0 atom stereocenters. The molecule has 0 aromatic heterocycles. The van der Waals surface area contributed by atoms with Gasteiger partial charge in [-0.3, -0.25) is 0 Å². The molecule has 0 spiro atoms. The number of hydrogen-bond acceptors (Lipinski definition) is 4. The molecule has 0 bridgehead atoms. The van der Waals surface area contributed by atoms with Crippen LogP contribution in [0.2, 0.25) is 0 Å². The average Bonchev–Trinajstić information content (AvgIpc) is 2.83. The van der Waals surface area contributed by atoms with E-state index in [0.29, 0.717) is 13.2 Å². The van der Waals surface area contributed by atoms with E-state index in [1.807, 2.05) is 0 Å². The van der Waals surface area contributed by atoms with Gasteiger partial charge in [0.05, 0.1) is 13.2 Å². The lowest BCUT2D eigenvalue weighted by molar-refractivity contribution is -0.138. The Morgan fingerprint density at radius 3 is 0.970 bits per heavy atom. The van der Waals surface area contributed by atoms with Crippen molar-refractivity contribution in [3.63, 3.8) is 0 Å². The highest BCUT2D eigenvalue weighted by atomic mass is 16.5. The Labute approximate surface area is 205 Å². The van der Waals surface area contributed by atoms with Gasteiger partial charge in [-0.15, -0.1) is 0 Å². The van der Waals surface area contributed by atoms with Gasteiger partial charge in [-0.25, -0.2) is 9.59 Å². The third-order valence-corrected chi connectivity index (χ3v) is 5.57. The highest BCUT2D eigenvalue weighted by Gasteiger charge is 1.97. The average molecular weight is 467 g/mol. The quantitative estimate of drug-likeness (QED) is 0.0857. The maximum absolute atomic E-state index is 10.8. The van der Waals surface area contributed by atoms with Gasteiger partial charge in [-0.2, -0.15) is 0 Å². The van der Waals surface area contributed by atoms with Crippen molar-refractivity contribution >= 4 is 11.9 Å². The van der Waals surface area contributed by atoms with Gasteiger partial charge in [0.15, 0.2) is 0 Å². The summed E-state index contributed by atoms with van der Waals surface area (Å²) in [6.45, 7) is 12.3. The molecule has 0 aliphatic carbocycles. The lowest BCUT2D eigenvalue weighted by Gasteiger charge is -2.03. The van der Waals surface area contributed by atoms with Crippen molar-refractivity contribution in [3.8, 4) is 0 Å². The van der Waals surface area contributed by atoms with Crippen molar-refractivity contribution in [1.82, 2.24) is 0 Å². The molecule has 194 valence electrons.